The Morgan fingerprint density at radius 1 is 1.12 bits per heavy atom. The zero-order chi connectivity index (χ0) is 18.0. The molecule has 2 aromatic rings. The highest BCUT2D eigenvalue weighted by molar-refractivity contribution is 6.21. The first-order chi connectivity index (χ1) is 12.0. The van der Waals surface area contributed by atoms with E-state index in [9.17, 15) is 19.7 Å². The number of fused-ring (bicyclic) bond motifs is 1. The molecule has 0 aliphatic carbocycles. The number of hydrogen-bond acceptors (Lipinski definition) is 6. The number of nitro groups is 1. The standard InChI is InChI=1S/C10H8N2O2.C7H7NO3/c13-9-6-3-1-2-4-7(6)10(14)12(9)8-5-11-8;1-11-7-4-2-3-6(5-7)8(9)10/h1-4,8,11H,5H2;2-5H,1H3. The SMILES string of the molecule is COc1cccc([N+](=O)[O-])c1.O=C1c2ccccc2C(=O)N1C1CN1. The number of rotatable bonds is 3. The lowest BCUT2D eigenvalue weighted by atomic mass is 10.1. The summed E-state index contributed by atoms with van der Waals surface area (Å²) in [7, 11) is 1.47. The van der Waals surface area contributed by atoms with E-state index >= 15 is 0 Å². The van der Waals surface area contributed by atoms with Crippen LogP contribution in [0, 0.1) is 10.1 Å². The second-order valence-electron chi connectivity index (χ2n) is 5.41. The first-order valence-electron chi connectivity index (χ1n) is 7.51. The van der Waals surface area contributed by atoms with E-state index in [4.69, 9.17) is 4.74 Å². The molecule has 1 atom stereocenters. The second kappa shape index (κ2) is 6.70. The van der Waals surface area contributed by atoms with Crippen LogP contribution in [0.25, 0.3) is 0 Å². The number of imide groups is 1. The largest absolute Gasteiger partial charge is 0.497 e. The average molecular weight is 341 g/mol. The Labute approximate surface area is 143 Å². The first-order valence-corrected chi connectivity index (χ1v) is 7.51. The van der Waals surface area contributed by atoms with Gasteiger partial charge in [-0.2, -0.15) is 0 Å². The number of hydrogen-bond donors (Lipinski definition) is 1. The molecule has 8 nitrogen and oxygen atoms in total. The quantitative estimate of drug-likeness (QED) is 0.394. The molecular formula is C17H15N3O5. The number of benzene rings is 2. The zero-order valence-corrected chi connectivity index (χ0v) is 13.3. The van der Waals surface area contributed by atoms with Crippen LogP contribution in [0.15, 0.2) is 48.5 Å². The average Bonchev–Trinajstić information content (AvgIpc) is 3.43. The summed E-state index contributed by atoms with van der Waals surface area (Å²) in [5.74, 6) is 0.139. The number of carbonyl (C=O) groups excluding carboxylic acids is 2. The molecule has 25 heavy (non-hydrogen) atoms. The summed E-state index contributed by atoms with van der Waals surface area (Å²) in [4.78, 5) is 34.6. The molecule has 1 fully saturated rings. The molecule has 2 amide bonds. The van der Waals surface area contributed by atoms with Gasteiger partial charge in [0.15, 0.2) is 0 Å². The smallest absolute Gasteiger partial charge is 0.273 e. The van der Waals surface area contributed by atoms with E-state index in [-0.39, 0.29) is 23.7 Å². The van der Waals surface area contributed by atoms with Gasteiger partial charge in [0.25, 0.3) is 17.5 Å². The van der Waals surface area contributed by atoms with Gasteiger partial charge in [0.1, 0.15) is 11.9 Å². The van der Waals surface area contributed by atoms with Crippen molar-refractivity contribution in [3.63, 3.8) is 0 Å². The summed E-state index contributed by atoms with van der Waals surface area (Å²) in [5, 5.41) is 13.2. The molecule has 8 heteroatoms. The van der Waals surface area contributed by atoms with Crippen molar-refractivity contribution in [3.05, 3.63) is 69.8 Å². The molecule has 0 spiro atoms. The molecule has 1 saturated heterocycles. The Bertz CT molecular complexity index is 813. The maximum atomic E-state index is 11.8. The van der Waals surface area contributed by atoms with Gasteiger partial charge < -0.3 is 4.74 Å². The maximum Gasteiger partial charge on any atom is 0.273 e. The Morgan fingerprint density at radius 2 is 1.72 bits per heavy atom. The third-order valence-electron chi connectivity index (χ3n) is 3.79. The minimum Gasteiger partial charge on any atom is -0.497 e. The van der Waals surface area contributed by atoms with Gasteiger partial charge >= 0.3 is 0 Å². The number of ether oxygens (including phenoxy) is 1. The molecule has 0 radical (unpaired) electrons. The molecule has 2 heterocycles. The molecule has 2 aliphatic heterocycles. The molecule has 1 unspecified atom stereocenters. The summed E-state index contributed by atoms with van der Waals surface area (Å²) in [6.07, 6.45) is -0.0811. The van der Waals surface area contributed by atoms with Crippen molar-refractivity contribution in [1.29, 1.82) is 0 Å². The third-order valence-corrected chi connectivity index (χ3v) is 3.79. The van der Waals surface area contributed by atoms with Gasteiger partial charge in [-0.1, -0.05) is 18.2 Å². The van der Waals surface area contributed by atoms with Crippen molar-refractivity contribution in [2.45, 2.75) is 6.17 Å². The van der Waals surface area contributed by atoms with Crippen LogP contribution >= 0.6 is 0 Å². The predicted molar refractivity (Wildman–Crippen MR) is 88.4 cm³/mol. The Morgan fingerprint density at radius 3 is 2.20 bits per heavy atom. The Balaban J connectivity index is 0.000000151. The zero-order valence-electron chi connectivity index (χ0n) is 13.3. The molecule has 0 bridgehead atoms. The van der Waals surface area contributed by atoms with Gasteiger partial charge in [0.2, 0.25) is 0 Å². The Kier molecular flexibility index (Phi) is 4.44. The summed E-state index contributed by atoms with van der Waals surface area (Å²) in [6.45, 7) is 0.714. The van der Waals surface area contributed by atoms with E-state index in [0.717, 1.165) is 0 Å². The van der Waals surface area contributed by atoms with Crippen LogP contribution in [0.3, 0.4) is 0 Å². The van der Waals surface area contributed by atoms with Crippen molar-refractivity contribution >= 4 is 17.5 Å². The van der Waals surface area contributed by atoms with E-state index in [1.807, 2.05) is 0 Å². The van der Waals surface area contributed by atoms with E-state index in [1.54, 1.807) is 36.4 Å². The number of amides is 2. The van der Waals surface area contributed by atoms with Crippen molar-refractivity contribution in [2.75, 3.05) is 13.7 Å². The second-order valence-corrected chi connectivity index (χ2v) is 5.41. The van der Waals surface area contributed by atoms with E-state index in [0.29, 0.717) is 23.4 Å². The Hall–Kier alpha value is -3.26. The van der Waals surface area contributed by atoms with E-state index in [1.165, 1.54) is 24.1 Å². The van der Waals surface area contributed by atoms with Gasteiger partial charge in [-0.15, -0.1) is 0 Å². The summed E-state index contributed by atoms with van der Waals surface area (Å²) in [6, 6.07) is 13.0. The number of nitro benzene ring substituents is 1. The van der Waals surface area contributed by atoms with Crippen molar-refractivity contribution in [1.82, 2.24) is 10.2 Å². The fourth-order valence-electron chi connectivity index (χ4n) is 2.45. The summed E-state index contributed by atoms with van der Waals surface area (Å²) in [5.41, 5.74) is 1.08. The van der Waals surface area contributed by atoms with Crippen LogP contribution in [0.1, 0.15) is 20.7 Å². The van der Waals surface area contributed by atoms with Crippen molar-refractivity contribution in [3.8, 4) is 5.75 Å². The normalized spacial score (nSPS) is 17.5. The molecular weight excluding hydrogens is 326 g/mol. The van der Waals surface area contributed by atoms with Crippen LogP contribution in [-0.2, 0) is 0 Å². The number of methoxy groups -OCH3 is 1. The van der Waals surface area contributed by atoms with Gasteiger partial charge in [0.05, 0.1) is 29.2 Å². The number of carbonyl (C=O) groups is 2. The number of nitrogens with one attached hydrogen (secondary N) is 1. The van der Waals surface area contributed by atoms with Crippen molar-refractivity contribution < 1.29 is 19.2 Å². The molecule has 0 saturated carbocycles. The van der Waals surface area contributed by atoms with Gasteiger partial charge in [-0.05, 0) is 18.2 Å². The third kappa shape index (κ3) is 3.33. The number of non-ortho nitro benzene ring substituents is 1. The molecule has 0 aromatic heterocycles. The highest BCUT2D eigenvalue weighted by Gasteiger charge is 2.43. The topological polar surface area (TPSA) is 112 Å². The molecule has 1 N–H and O–H groups in total. The molecule has 4 rings (SSSR count). The lowest BCUT2D eigenvalue weighted by molar-refractivity contribution is -0.384. The summed E-state index contributed by atoms with van der Waals surface area (Å²) >= 11 is 0. The minimum atomic E-state index is -0.456. The lowest BCUT2D eigenvalue weighted by Crippen LogP contribution is -2.34. The van der Waals surface area contributed by atoms with Gasteiger partial charge in [-0.25, -0.2) is 0 Å². The fourth-order valence-corrected chi connectivity index (χ4v) is 2.45. The van der Waals surface area contributed by atoms with Crippen LogP contribution in [0.5, 0.6) is 5.75 Å². The molecule has 2 aromatic carbocycles. The van der Waals surface area contributed by atoms with Crippen molar-refractivity contribution in [2.24, 2.45) is 0 Å². The van der Waals surface area contributed by atoms with Gasteiger partial charge in [0, 0.05) is 12.6 Å². The molecule has 128 valence electrons. The highest BCUT2D eigenvalue weighted by atomic mass is 16.6. The summed E-state index contributed by atoms with van der Waals surface area (Å²) < 4.78 is 4.80. The van der Waals surface area contributed by atoms with Crippen LogP contribution in [0.2, 0.25) is 0 Å². The van der Waals surface area contributed by atoms with E-state index in [2.05, 4.69) is 5.32 Å². The van der Waals surface area contributed by atoms with Crippen LogP contribution in [-0.4, -0.2) is 41.5 Å². The highest BCUT2D eigenvalue weighted by Crippen LogP contribution is 2.25. The van der Waals surface area contributed by atoms with Crippen LogP contribution in [0.4, 0.5) is 5.69 Å². The number of nitrogens with zero attached hydrogens (tertiary/aromatic N) is 2. The molecule has 2 aliphatic rings. The van der Waals surface area contributed by atoms with Gasteiger partial charge in [-0.3, -0.25) is 29.9 Å². The monoisotopic (exact) mass is 341 g/mol. The van der Waals surface area contributed by atoms with E-state index < -0.39 is 4.92 Å². The lowest BCUT2D eigenvalue weighted by Gasteiger charge is -2.09. The van der Waals surface area contributed by atoms with Crippen LogP contribution < -0.4 is 10.1 Å². The first kappa shape index (κ1) is 16.6. The fraction of sp³-hybridized carbons (Fsp3) is 0.176. The predicted octanol–water partition coefficient (Wildman–Crippen LogP) is 1.82. The maximum absolute atomic E-state index is 11.8. The minimum absolute atomic E-state index is 0.0457.